The Balaban J connectivity index is 2.14. The van der Waals surface area contributed by atoms with Gasteiger partial charge in [0.05, 0.1) is 0 Å². The fraction of sp³-hybridized carbons (Fsp3) is 0.0455. The number of rotatable bonds is 6. The van der Waals surface area contributed by atoms with Crippen LogP contribution in [0.25, 0.3) is 0 Å². The van der Waals surface area contributed by atoms with E-state index in [1.54, 1.807) is 77.7 Å². The van der Waals surface area contributed by atoms with E-state index in [0.29, 0.717) is 16.7 Å². The van der Waals surface area contributed by atoms with Gasteiger partial charge in [-0.05, 0) is 0 Å². The molecule has 0 aliphatic rings. The van der Waals surface area contributed by atoms with Crippen LogP contribution in [-0.4, -0.2) is 29.8 Å². The summed E-state index contributed by atoms with van der Waals surface area (Å²) in [4.78, 5) is 41.7. The van der Waals surface area contributed by atoms with Crippen LogP contribution in [0.1, 0.15) is 31.1 Å². The third kappa shape index (κ3) is 3.40. The summed E-state index contributed by atoms with van der Waals surface area (Å²) >= 11 is -4.66. The molecule has 3 rings (SSSR count). The van der Waals surface area contributed by atoms with Gasteiger partial charge in [-0.25, -0.2) is 0 Å². The molecule has 0 fully saturated rings. The third-order valence-electron chi connectivity index (χ3n) is 4.47. The first-order valence-electron chi connectivity index (χ1n) is 8.34. The first-order chi connectivity index (χ1) is 12.5. The van der Waals surface area contributed by atoms with E-state index in [1.165, 1.54) is 0 Å². The van der Waals surface area contributed by atoms with Crippen LogP contribution in [0.5, 0.6) is 0 Å². The molecular formula is C22H18O3Sn. The third-order valence-corrected chi connectivity index (χ3v) is 14.7. The maximum atomic E-state index is 13.3. The van der Waals surface area contributed by atoms with Gasteiger partial charge in [-0.15, -0.1) is 0 Å². The number of carbonyl (C=O) groups is 3. The van der Waals surface area contributed by atoms with E-state index in [-0.39, 0.29) is 11.4 Å². The molecule has 0 atom stereocenters. The molecule has 3 aromatic rings. The second-order valence-corrected chi connectivity index (χ2v) is 16.5. The molecule has 0 unspecified atom stereocenters. The van der Waals surface area contributed by atoms with Crippen molar-refractivity contribution in [3.8, 4) is 0 Å². The van der Waals surface area contributed by atoms with Gasteiger partial charge in [-0.1, -0.05) is 0 Å². The van der Waals surface area contributed by atoms with E-state index >= 15 is 0 Å². The zero-order valence-electron chi connectivity index (χ0n) is 14.4. The molecule has 26 heavy (non-hydrogen) atoms. The molecule has 0 radical (unpaired) electrons. The van der Waals surface area contributed by atoms with Gasteiger partial charge in [-0.3, -0.25) is 0 Å². The van der Waals surface area contributed by atoms with Gasteiger partial charge < -0.3 is 0 Å². The Morgan fingerprint density at radius 3 is 0.962 bits per heavy atom. The summed E-state index contributed by atoms with van der Waals surface area (Å²) < 4.78 is -0.868. The van der Waals surface area contributed by atoms with E-state index in [9.17, 15) is 14.4 Å². The van der Waals surface area contributed by atoms with Crippen molar-refractivity contribution in [1.29, 1.82) is 0 Å². The molecule has 0 saturated carbocycles. The van der Waals surface area contributed by atoms with Crippen LogP contribution in [0, 0.1) is 0 Å². The monoisotopic (exact) mass is 450 g/mol. The number of hydrogen-bond acceptors (Lipinski definition) is 3. The van der Waals surface area contributed by atoms with Crippen molar-refractivity contribution in [1.82, 2.24) is 0 Å². The van der Waals surface area contributed by atoms with Gasteiger partial charge >= 0.3 is 157 Å². The van der Waals surface area contributed by atoms with E-state index in [1.807, 2.05) is 18.2 Å². The summed E-state index contributed by atoms with van der Waals surface area (Å²) in [6, 6.07) is 26.0. The van der Waals surface area contributed by atoms with Gasteiger partial charge in [0.15, 0.2) is 0 Å². The Morgan fingerprint density at radius 1 is 0.500 bits per heavy atom. The fourth-order valence-electron chi connectivity index (χ4n) is 2.94. The molecule has 4 heteroatoms. The molecule has 128 valence electrons. The molecule has 3 aromatic carbocycles. The SMILES string of the molecule is [CH3][Sn]([C](=O)c1ccccc1)([C](=O)c1ccccc1)[C](=O)c1ccccc1. The Labute approximate surface area is 156 Å². The molecule has 0 spiro atoms. The molecular weight excluding hydrogens is 431 g/mol. The molecule has 0 aliphatic heterocycles. The quantitative estimate of drug-likeness (QED) is 0.527. The Hall–Kier alpha value is -2.53. The topological polar surface area (TPSA) is 51.2 Å². The van der Waals surface area contributed by atoms with E-state index in [0.717, 1.165) is 0 Å². The Morgan fingerprint density at radius 2 is 0.731 bits per heavy atom. The van der Waals surface area contributed by atoms with Crippen LogP contribution in [0.4, 0.5) is 0 Å². The van der Waals surface area contributed by atoms with Gasteiger partial charge in [0.1, 0.15) is 0 Å². The first-order valence-corrected chi connectivity index (χ1v) is 15.5. The standard InChI is InChI=1S/3C7H5O.CH3.Sn/c3*8-6-7-4-2-1-3-5-7;;/h3*1-5H;1H3;. The average Bonchev–Trinajstić information content (AvgIpc) is 2.73. The summed E-state index contributed by atoms with van der Waals surface area (Å²) in [5, 5.41) is 0. The second kappa shape index (κ2) is 7.79. The van der Waals surface area contributed by atoms with Crippen LogP contribution in [0.15, 0.2) is 91.0 Å². The van der Waals surface area contributed by atoms with Gasteiger partial charge in [0.2, 0.25) is 0 Å². The molecule has 0 amide bonds. The summed E-state index contributed by atoms with van der Waals surface area (Å²) in [6.45, 7) is 0. The average molecular weight is 449 g/mol. The normalized spacial score (nSPS) is 11.0. The summed E-state index contributed by atoms with van der Waals surface area (Å²) in [5.74, 6) is 0. The van der Waals surface area contributed by atoms with Crippen molar-refractivity contribution >= 4 is 29.8 Å². The zero-order chi connectivity index (χ0) is 18.6. The van der Waals surface area contributed by atoms with E-state index in [2.05, 4.69) is 0 Å². The van der Waals surface area contributed by atoms with Crippen LogP contribution in [0.2, 0.25) is 4.94 Å². The van der Waals surface area contributed by atoms with Crippen molar-refractivity contribution in [2.45, 2.75) is 4.94 Å². The summed E-state index contributed by atoms with van der Waals surface area (Å²) in [6.07, 6.45) is 0. The number of benzene rings is 3. The fourth-order valence-corrected chi connectivity index (χ4v) is 11.1. The second-order valence-electron chi connectivity index (χ2n) is 6.21. The van der Waals surface area contributed by atoms with Crippen LogP contribution < -0.4 is 0 Å². The molecule has 0 heterocycles. The van der Waals surface area contributed by atoms with E-state index < -0.39 is 18.4 Å². The summed E-state index contributed by atoms with van der Waals surface area (Å²) in [7, 11) is 0. The Kier molecular flexibility index (Phi) is 5.47. The molecule has 3 nitrogen and oxygen atoms in total. The van der Waals surface area contributed by atoms with Crippen LogP contribution >= 0.6 is 0 Å². The van der Waals surface area contributed by atoms with Gasteiger partial charge in [0.25, 0.3) is 0 Å². The minimum absolute atomic E-state index is 0.289. The molecule has 0 bridgehead atoms. The van der Waals surface area contributed by atoms with Gasteiger partial charge in [0, 0.05) is 0 Å². The maximum absolute atomic E-state index is 13.3. The molecule has 0 N–H and O–H groups in total. The predicted molar refractivity (Wildman–Crippen MR) is 104 cm³/mol. The van der Waals surface area contributed by atoms with Crippen molar-refractivity contribution in [2.75, 3.05) is 0 Å². The Bertz CT molecular complexity index is 810. The minimum atomic E-state index is -4.66. The van der Waals surface area contributed by atoms with Crippen LogP contribution in [-0.2, 0) is 0 Å². The number of hydrogen-bond donors (Lipinski definition) is 0. The van der Waals surface area contributed by atoms with Crippen molar-refractivity contribution in [3.05, 3.63) is 108 Å². The van der Waals surface area contributed by atoms with Crippen molar-refractivity contribution in [2.24, 2.45) is 0 Å². The van der Waals surface area contributed by atoms with Crippen LogP contribution in [0.3, 0.4) is 0 Å². The predicted octanol–water partition coefficient (Wildman–Crippen LogP) is 4.33. The summed E-state index contributed by atoms with van der Waals surface area (Å²) in [5.41, 5.74) is 1.29. The molecule has 0 saturated heterocycles. The van der Waals surface area contributed by atoms with E-state index in [4.69, 9.17) is 0 Å². The zero-order valence-corrected chi connectivity index (χ0v) is 17.2. The van der Waals surface area contributed by atoms with Crippen molar-refractivity contribution < 1.29 is 14.4 Å². The van der Waals surface area contributed by atoms with Crippen molar-refractivity contribution in [3.63, 3.8) is 0 Å². The first kappa shape index (κ1) is 18.3. The molecule has 0 aliphatic carbocycles. The number of carbonyl (C=O) groups excluding carboxylic acids is 3. The van der Waals surface area contributed by atoms with Gasteiger partial charge in [-0.2, -0.15) is 0 Å². The molecule has 0 aromatic heterocycles.